The van der Waals surface area contributed by atoms with Crippen LogP contribution in [0, 0.1) is 5.41 Å². The van der Waals surface area contributed by atoms with Crippen LogP contribution in [-0.2, 0) is 4.79 Å². The highest BCUT2D eigenvalue weighted by molar-refractivity contribution is 5.67. The van der Waals surface area contributed by atoms with Crippen molar-refractivity contribution in [3.8, 4) is 0 Å². The Morgan fingerprint density at radius 3 is 2.50 bits per heavy atom. The van der Waals surface area contributed by atoms with Gasteiger partial charge in [-0.2, -0.15) is 0 Å². The topological polar surface area (TPSA) is 69.6 Å². The zero-order valence-electron chi connectivity index (χ0n) is 9.21. The fourth-order valence-electron chi connectivity index (χ4n) is 1.18. The first kappa shape index (κ1) is 13.4. The molecule has 0 saturated carbocycles. The molecule has 0 spiro atoms. The normalized spacial score (nSPS) is 14.0. The van der Waals surface area contributed by atoms with Crippen LogP contribution in [0.1, 0.15) is 33.6 Å². The number of carbonyl (C=O) groups is 1. The molecule has 0 aliphatic rings. The van der Waals surface area contributed by atoms with Crippen LogP contribution in [0.3, 0.4) is 0 Å². The molecule has 4 nitrogen and oxygen atoms in total. The number of hydrogen-bond donors (Lipinski definition) is 3. The van der Waals surface area contributed by atoms with Gasteiger partial charge in [0.2, 0.25) is 0 Å². The van der Waals surface area contributed by atoms with Crippen molar-refractivity contribution in [2.24, 2.45) is 5.41 Å². The summed E-state index contributed by atoms with van der Waals surface area (Å²) in [5, 5.41) is 20.5. The van der Waals surface area contributed by atoms with Crippen LogP contribution in [-0.4, -0.2) is 35.4 Å². The van der Waals surface area contributed by atoms with Crippen molar-refractivity contribution in [2.75, 3.05) is 13.2 Å². The van der Waals surface area contributed by atoms with Crippen molar-refractivity contribution in [3.05, 3.63) is 0 Å². The fourth-order valence-corrected chi connectivity index (χ4v) is 1.18. The lowest BCUT2D eigenvalue weighted by molar-refractivity contribution is -0.137. The van der Waals surface area contributed by atoms with Gasteiger partial charge in [-0.25, -0.2) is 0 Å². The first-order chi connectivity index (χ1) is 6.37. The SMILES string of the molecule is CC(CC(=O)O)NCC(C)(C)CCO. The van der Waals surface area contributed by atoms with Gasteiger partial charge < -0.3 is 15.5 Å². The molecule has 1 atom stereocenters. The first-order valence-corrected chi connectivity index (χ1v) is 4.93. The summed E-state index contributed by atoms with van der Waals surface area (Å²) in [6.45, 7) is 6.83. The third kappa shape index (κ3) is 6.86. The van der Waals surface area contributed by atoms with Gasteiger partial charge in [-0.05, 0) is 18.8 Å². The molecule has 0 radical (unpaired) electrons. The van der Waals surface area contributed by atoms with Crippen molar-refractivity contribution in [1.29, 1.82) is 0 Å². The van der Waals surface area contributed by atoms with E-state index in [1.54, 1.807) is 0 Å². The van der Waals surface area contributed by atoms with E-state index in [1.165, 1.54) is 0 Å². The van der Waals surface area contributed by atoms with Crippen LogP contribution in [0.25, 0.3) is 0 Å². The van der Waals surface area contributed by atoms with Gasteiger partial charge in [0.25, 0.3) is 0 Å². The van der Waals surface area contributed by atoms with Gasteiger partial charge in [-0.1, -0.05) is 13.8 Å². The van der Waals surface area contributed by atoms with E-state index in [9.17, 15) is 4.79 Å². The lowest BCUT2D eigenvalue weighted by Crippen LogP contribution is -2.37. The van der Waals surface area contributed by atoms with Crippen molar-refractivity contribution in [3.63, 3.8) is 0 Å². The minimum absolute atomic E-state index is 0.0154. The Balaban J connectivity index is 3.75. The molecule has 0 bridgehead atoms. The highest BCUT2D eigenvalue weighted by Gasteiger charge is 2.18. The van der Waals surface area contributed by atoms with Crippen molar-refractivity contribution >= 4 is 5.97 Å². The Labute approximate surface area is 85.3 Å². The smallest absolute Gasteiger partial charge is 0.304 e. The highest BCUT2D eigenvalue weighted by Crippen LogP contribution is 2.18. The second kappa shape index (κ2) is 5.98. The standard InChI is InChI=1S/C10H21NO3/c1-8(6-9(13)14)11-7-10(2,3)4-5-12/h8,11-12H,4-7H2,1-3H3,(H,13,14). The highest BCUT2D eigenvalue weighted by atomic mass is 16.4. The van der Waals surface area contributed by atoms with Gasteiger partial charge in [0.15, 0.2) is 0 Å². The molecule has 0 aromatic heterocycles. The van der Waals surface area contributed by atoms with E-state index < -0.39 is 5.97 Å². The molecule has 0 amide bonds. The van der Waals surface area contributed by atoms with E-state index >= 15 is 0 Å². The summed E-state index contributed by atoms with van der Waals surface area (Å²) >= 11 is 0. The molecule has 84 valence electrons. The van der Waals surface area contributed by atoms with Crippen molar-refractivity contribution in [1.82, 2.24) is 5.32 Å². The molecule has 0 aliphatic heterocycles. The minimum Gasteiger partial charge on any atom is -0.481 e. The molecule has 4 heteroatoms. The van der Waals surface area contributed by atoms with E-state index in [2.05, 4.69) is 5.32 Å². The molecular weight excluding hydrogens is 182 g/mol. The molecule has 0 rings (SSSR count). The summed E-state index contributed by atoms with van der Waals surface area (Å²) in [6.07, 6.45) is 0.856. The van der Waals surface area contributed by atoms with Crippen molar-refractivity contribution in [2.45, 2.75) is 39.7 Å². The Kier molecular flexibility index (Phi) is 5.72. The second-order valence-electron chi connectivity index (χ2n) is 4.52. The fraction of sp³-hybridized carbons (Fsp3) is 0.900. The Morgan fingerprint density at radius 1 is 1.50 bits per heavy atom. The van der Waals surface area contributed by atoms with Gasteiger partial charge in [-0.3, -0.25) is 4.79 Å². The maximum absolute atomic E-state index is 10.4. The van der Waals surface area contributed by atoms with Crippen LogP contribution >= 0.6 is 0 Å². The van der Waals surface area contributed by atoms with Gasteiger partial charge >= 0.3 is 5.97 Å². The van der Waals surface area contributed by atoms with Gasteiger partial charge in [0.05, 0.1) is 6.42 Å². The number of hydrogen-bond acceptors (Lipinski definition) is 3. The summed E-state index contributed by atoms with van der Waals surface area (Å²) in [6, 6.07) is -0.0227. The van der Waals surface area contributed by atoms with Crippen LogP contribution < -0.4 is 5.32 Å². The number of aliphatic hydroxyl groups is 1. The quantitative estimate of drug-likeness (QED) is 0.573. The molecule has 14 heavy (non-hydrogen) atoms. The molecule has 0 aromatic carbocycles. The minimum atomic E-state index is -0.787. The van der Waals surface area contributed by atoms with Crippen LogP contribution in [0.4, 0.5) is 0 Å². The maximum Gasteiger partial charge on any atom is 0.304 e. The van der Waals surface area contributed by atoms with E-state index in [1.807, 2.05) is 20.8 Å². The number of nitrogens with one attached hydrogen (secondary N) is 1. The molecule has 0 aromatic rings. The summed E-state index contributed by atoms with van der Waals surface area (Å²) < 4.78 is 0. The van der Waals surface area contributed by atoms with Gasteiger partial charge in [0, 0.05) is 19.2 Å². The Bertz CT molecular complexity index is 180. The zero-order valence-corrected chi connectivity index (χ0v) is 9.21. The van der Waals surface area contributed by atoms with Gasteiger partial charge in [-0.15, -0.1) is 0 Å². The predicted molar refractivity (Wildman–Crippen MR) is 55.2 cm³/mol. The molecule has 1 unspecified atom stereocenters. The third-order valence-electron chi connectivity index (χ3n) is 2.20. The Hall–Kier alpha value is -0.610. The van der Waals surface area contributed by atoms with Gasteiger partial charge in [0.1, 0.15) is 0 Å². The summed E-state index contributed by atoms with van der Waals surface area (Å²) in [5.41, 5.74) is 0.0154. The summed E-state index contributed by atoms with van der Waals surface area (Å²) in [5.74, 6) is -0.787. The average Bonchev–Trinajstić information content (AvgIpc) is 2.00. The largest absolute Gasteiger partial charge is 0.481 e. The lowest BCUT2D eigenvalue weighted by Gasteiger charge is -2.26. The van der Waals surface area contributed by atoms with E-state index in [4.69, 9.17) is 10.2 Å². The number of rotatable bonds is 7. The number of carboxylic acid groups (broad SMARTS) is 1. The van der Waals surface area contributed by atoms with Crippen LogP contribution in [0.15, 0.2) is 0 Å². The molecule has 3 N–H and O–H groups in total. The predicted octanol–water partition coefficient (Wildman–Crippen LogP) is 0.848. The molecule has 0 saturated heterocycles. The molecule has 0 fully saturated rings. The van der Waals surface area contributed by atoms with E-state index in [0.29, 0.717) is 0 Å². The third-order valence-corrected chi connectivity index (χ3v) is 2.20. The van der Waals surface area contributed by atoms with E-state index in [-0.39, 0.29) is 24.5 Å². The van der Waals surface area contributed by atoms with E-state index in [0.717, 1.165) is 13.0 Å². The number of aliphatic hydroxyl groups excluding tert-OH is 1. The molecular formula is C10H21NO3. The first-order valence-electron chi connectivity index (χ1n) is 4.93. The van der Waals surface area contributed by atoms with Crippen LogP contribution in [0.2, 0.25) is 0 Å². The summed E-state index contributed by atoms with van der Waals surface area (Å²) in [7, 11) is 0. The monoisotopic (exact) mass is 203 g/mol. The lowest BCUT2D eigenvalue weighted by atomic mass is 9.89. The summed E-state index contributed by atoms with van der Waals surface area (Å²) in [4.78, 5) is 10.4. The zero-order chi connectivity index (χ0) is 11.2. The molecule has 0 heterocycles. The van der Waals surface area contributed by atoms with Crippen molar-refractivity contribution < 1.29 is 15.0 Å². The molecule has 0 aliphatic carbocycles. The average molecular weight is 203 g/mol. The Morgan fingerprint density at radius 2 is 2.07 bits per heavy atom. The maximum atomic E-state index is 10.4. The second-order valence-corrected chi connectivity index (χ2v) is 4.52. The number of aliphatic carboxylic acids is 1. The van der Waals surface area contributed by atoms with Crippen LogP contribution in [0.5, 0.6) is 0 Å². The number of carboxylic acids is 1.